The Morgan fingerprint density at radius 3 is 2.89 bits per heavy atom. The van der Waals surface area contributed by atoms with E-state index in [0.29, 0.717) is 11.7 Å². The van der Waals surface area contributed by atoms with Crippen LogP contribution in [0, 0.1) is 0 Å². The fourth-order valence-corrected chi connectivity index (χ4v) is 2.72. The number of hydrogen-bond acceptors (Lipinski definition) is 4. The Kier molecular flexibility index (Phi) is 4.10. The van der Waals surface area contributed by atoms with Crippen LogP contribution in [0.15, 0.2) is 35.7 Å². The summed E-state index contributed by atoms with van der Waals surface area (Å²) in [5.74, 6) is 0.779. The van der Waals surface area contributed by atoms with Gasteiger partial charge in [-0.25, -0.2) is 0 Å². The van der Waals surface area contributed by atoms with Crippen LogP contribution in [0.25, 0.3) is 0 Å². The molecule has 0 aliphatic rings. The van der Waals surface area contributed by atoms with Crippen LogP contribution in [0.4, 0.5) is 11.4 Å². The lowest BCUT2D eigenvalue weighted by Gasteiger charge is -2.15. The zero-order valence-electron chi connectivity index (χ0n) is 10.6. The van der Waals surface area contributed by atoms with Crippen molar-refractivity contribution in [1.29, 1.82) is 0 Å². The van der Waals surface area contributed by atoms with Gasteiger partial charge in [-0.15, -0.1) is 11.3 Å². The topological polar surface area (TPSA) is 47.3 Å². The summed E-state index contributed by atoms with van der Waals surface area (Å²) in [4.78, 5) is 1.38. The maximum absolute atomic E-state index is 5.83. The number of ether oxygens (including phenoxy) is 1. The third-order valence-corrected chi connectivity index (χ3v) is 3.56. The van der Waals surface area contributed by atoms with Crippen molar-refractivity contribution in [3.05, 3.63) is 40.6 Å². The smallest absolute Gasteiger partial charge is 0.122 e. The molecule has 1 unspecified atom stereocenters. The Hall–Kier alpha value is -1.68. The van der Waals surface area contributed by atoms with Gasteiger partial charge in [0.25, 0.3) is 0 Å². The maximum atomic E-state index is 5.83. The first-order valence-corrected chi connectivity index (χ1v) is 6.79. The highest BCUT2D eigenvalue weighted by Crippen LogP contribution is 2.23. The van der Waals surface area contributed by atoms with Crippen LogP contribution in [-0.2, 0) is 6.42 Å². The van der Waals surface area contributed by atoms with Crippen molar-refractivity contribution in [2.75, 3.05) is 18.2 Å². The van der Waals surface area contributed by atoms with E-state index in [2.05, 4.69) is 29.8 Å². The number of benzene rings is 1. The highest BCUT2D eigenvalue weighted by molar-refractivity contribution is 7.09. The molecule has 2 rings (SSSR count). The molecule has 0 aliphatic carbocycles. The summed E-state index contributed by atoms with van der Waals surface area (Å²) in [5.41, 5.74) is 7.53. The molecule has 18 heavy (non-hydrogen) atoms. The first kappa shape index (κ1) is 12.8. The third kappa shape index (κ3) is 3.40. The van der Waals surface area contributed by atoms with Crippen LogP contribution < -0.4 is 15.8 Å². The third-order valence-electron chi connectivity index (χ3n) is 2.67. The Morgan fingerprint density at radius 2 is 2.22 bits per heavy atom. The second kappa shape index (κ2) is 5.78. The zero-order valence-corrected chi connectivity index (χ0v) is 11.5. The number of nitrogen functional groups attached to an aromatic ring is 1. The van der Waals surface area contributed by atoms with Gasteiger partial charge < -0.3 is 15.8 Å². The van der Waals surface area contributed by atoms with E-state index < -0.39 is 0 Å². The highest BCUT2D eigenvalue weighted by atomic mass is 32.1. The Bertz CT molecular complexity index is 497. The molecular formula is C14H18N2OS. The van der Waals surface area contributed by atoms with Crippen molar-refractivity contribution >= 4 is 22.7 Å². The molecule has 3 nitrogen and oxygen atoms in total. The van der Waals surface area contributed by atoms with Crippen LogP contribution in [0.5, 0.6) is 5.75 Å². The van der Waals surface area contributed by atoms with Crippen LogP contribution >= 0.6 is 11.3 Å². The van der Waals surface area contributed by atoms with Crippen molar-refractivity contribution in [3.8, 4) is 5.75 Å². The van der Waals surface area contributed by atoms with Gasteiger partial charge in [0, 0.05) is 40.8 Å². The lowest BCUT2D eigenvalue weighted by Crippen LogP contribution is -2.17. The minimum atomic E-state index is 0.357. The molecule has 1 atom stereocenters. The van der Waals surface area contributed by atoms with Crippen molar-refractivity contribution in [3.63, 3.8) is 0 Å². The summed E-state index contributed by atoms with van der Waals surface area (Å²) < 4.78 is 5.21. The van der Waals surface area contributed by atoms with Crippen LogP contribution in [0.2, 0.25) is 0 Å². The zero-order chi connectivity index (χ0) is 13.0. The molecule has 0 spiro atoms. The molecule has 3 N–H and O–H groups in total. The average Bonchev–Trinajstić information content (AvgIpc) is 2.80. The SMILES string of the molecule is COc1cc(N)cc(NC(C)Cc2cccs2)c1. The second-order valence-corrected chi connectivity index (χ2v) is 5.36. The summed E-state index contributed by atoms with van der Waals surface area (Å²) in [5, 5.41) is 5.55. The molecule has 1 aromatic heterocycles. The van der Waals surface area contributed by atoms with Gasteiger partial charge in [0.15, 0.2) is 0 Å². The van der Waals surface area contributed by atoms with Gasteiger partial charge in [-0.05, 0) is 24.4 Å². The predicted molar refractivity (Wildman–Crippen MR) is 78.5 cm³/mol. The van der Waals surface area contributed by atoms with Gasteiger partial charge >= 0.3 is 0 Å². The van der Waals surface area contributed by atoms with Crippen molar-refractivity contribution in [2.45, 2.75) is 19.4 Å². The molecule has 1 heterocycles. The van der Waals surface area contributed by atoms with Gasteiger partial charge in [-0.2, -0.15) is 0 Å². The molecule has 1 aromatic carbocycles. The second-order valence-electron chi connectivity index (χ2n) is 4.32. The molecule has 0 aliphatic heterocycles. The fourth-order valence-electron chi connectivity index (χ4n) is 1.89. The van der Waals surface area contributed by atoms with Crippen molar-refractivity contribution < 1.29 is 4.74 Å². The van der Waals surface area contributed by atoms with Crippen LogP contribution in [0.1, 0.15) is 11.8 Å². The standard InChI is InChI=1S/C14H18N2OS/c1-10(6-14-4-3-5-18-14)16-12-7-11(15)8-13(9-12)17-2/h3-5,7-10,16H,6,15H2,1-2H3. The van der Waals surface area contributed by atoms with E-state index in [1.54, 1.807) is 18.4 Å². The van der Waals surface area contributed by atoms with E-state index in [-0.39, 0.29) is 0 Å². The molecule has 96 valence electrons. The molecule has 0 saturated carbocycles. The molecule has 2 aromatic rings. The van der Waals surface area contributed by atoms with Gasteiger partial charge in [0.2, 0.25) is 0 Å². The summed E-state index contributed by atoms with van der Waals surface area (Å²) in [6.07, 6.45) is 1.01. The molecule has 0 radical (unpaired) electrons. The van der Waals surface area contributed by atoms with Crippen LogP contribution in [-0.4, -0.2) is 13.2 Å². The maximum Gasteiger partial charge on any atom is 0.122 e. The number of nitrogens with one attached hydrogen (secondary N) is 1. The predicted octanol–water partition coefficient (Wildman–Crippen LogP) is 3.38. The van der Waals surface area contributed by atoms with Crippen molar-refractivity contribution in [2.24, 2.45) is 0 Å². The minimum absolute atomic E-state index is 0.357. The molecule has 0 amide bonds. The number of hydrogen-bond donors (Lipinski definition) is 2. The fraction of sp³-hybridized carbons (Fsp3) is 0.286. The first-order valence-electron chi connectivity index (χ1n) is 5.91. The lowest BCUT2D eigenvalue weighted by molar-refractivity contribution is 0.415. The number of thiophene rings is 1. The van der Waals surface area contributed by atoms with E-state index in [1.165, 1.54) is 4.88 Å². The Morgan fingerprint density at radius 1 is 1.39 bits per heavy atom. The number of nitrogens with two attached hydrogens (primary N) is 1. The van der Waals surface area contributed by atoms with Gasteiger partial charge in [0.1, 0.15) is 5.75 Å². The van der Waals surface area contributed by atoms with E-state index in [1.807, 2.05) is 18.2 Å². The molecule has 0 fully saturated rings. The molecular weight excluding hydrogens is 244 g/mol. The number of methoxy groups -OCH3 is 1. The van der Waals surface area contributed by atoms with Crippen molar-refractivity contribution in [1.82, 2.24) is 0 Å². The summed E-state index contributed by atoms with van der Waals surface area (Å²) in [6, 6.07) is 10.3. The molecule has 4 heteroatoms. The highest BCUT2D eigenvalue weighted by Gasteiger charge is 2.06. The number of anilines is 2. The van der Waals surface area contributed by atoms with E-state index >= 15 is 0 Å². The summed E-state index contributed by atoms with van der Waals surface area (Å²) in [6.45, 7) is 2.16. The first-order chi connectivity index (χ1) is 8.67. The Labute approximate surface area is 112 Å². The van der Waals surface area contributed by atoms with Crippen LogP contribution in [0.3, 0.4) is 0 Å². The van der Waals surface area contributed by atoms with E-state index in [0.717, 1.165) is 17.9 Å². The molecule has 0 saturated heterocycles. The minimum Gasteiger partial charge on any atom is -0.497 e. The monoisotopic (exact) mass is 262 g/mol. The molecule has 0 bridgehead atoms. The van der Waals surface area contributed by atoms with Gasteiger partial charge in [-0.3, -0.25) is 0 Å². The van der Waals surface area contributed by atoms with E-state index in [9.17, 15) is 0 Å². The quantitative estimate of drug-likeness (QED) is 0.812. The number of rotatable bonds is 5. The Balaban J connectivity index is 2.02. The normalized spacial score (nSPS) is 12.1. The summed E-state index contributed by atoms with van der Waals surface area (Å²) in [7, 11) is 1.65. The summed E-state index contributed by atoms with van der Waals surface area (Å²) >= 11 is 1.78. The van der Waals surface area contributed by atoms with E-state index in [4.69, 9.17) is 10.5 Å². The largest absolute Gasteiger partial charge is 0.497 e. The van der Waals surface area contributed by atoms with Gasteiger partial charge in [-0.1, -0.05) is 6.07 Å². The van der Waals surface area contributed by atoms with Gasteiger partial charge in [0.05, 0.1) is 7.11 Å². The lowest BCUT2D eigenvalue weighted by atomic mass is 10.2. The average molecular weight is 262 g/mol.